The third kappa shape index (κ3) is 2.82. The van der Waals surface area contributed by atoms with Crippen LogP contribution in [0.4, 0.5) is 5.69 Å². The molecule has 25 heavy (non-hydrogen) atoms. The summed E-state index contributed by atoms with van der Waals surface area (Å²) in [4.78, 5) is 15.4. The van der Waals surface area contributed by atoms with Gasteiger partial charge in [-0.05, 0) is 63.0 Å². The molecule has 3 fully saturated rings. The summed E-state index contributed by atoms with van der Waals surface area (Å²) in [5.74, 6) is 0.626. The number of piperidine rings is 3. The number of rotatable bonds is 3. The number of nitrogens with two attached hydrogens (primary N) is 1. The molecule has 2 bridgehead atoms. The Morgan fingerprint density at radius 2 is 1.96 bits per heavy atom. The van der Waals surface area contributed by atoms with Gasteiger partial charge >= 0.3 is 0 Å². The summed E-state index contributed by atoms with van der Waals surface area (Å²) in [7, 11) is 1.94. The first-order valence-electron chi connectivity index (χ1n) is 9.11. The zero-order valence-corrected chi connectivity index (χ0v) is 14.9. The van der Waals surface area contributed by atoms with Gasteiger partial charge < -0.3 is 15.6 Å². The van der Waals surface area contributed by atoms with Gasteiger partial charge in [-0.3, -0.25) is 9.69 Å². The third-order valence-electron chi connectivity index (χ3n) is 6.01. The van der Waals surface area contributed by atoms with E-state index < -0.39 is 0 Å². The molecule has 1 aromatic carbocycles. The lowest BCUT2D eigenvalue weighted by Gasteiger charge is -2.49. The minimum absolute atomic E-state index is 0.0169. The Hall–Kier alpha value is -2.27. The Kier molecular flexibility index (Phi) is 4.04. The molecule has 3 aliphatic heterocycles. The van der Waals surface area contributed by atoms with Crippen molar-refractivity contribution >= 4 is 11.6 Å². The number of amides is 1. The molecular formula is C20H26N4O. The highest BCUT2D eigenvalue weighted by Crippen LogP contribution is 2.32. The molecule has 132 valence electrons. The molecule has 3 N–H and O–H groups in total. The van der Waals surface area contributed by atoms with Crippen LogP contribution in [-0.2, 0) is 7.05 Å². The average Bonchev–Trinajstić information content (AvgIpc) is 3.00. The van der Waals surface area contributed by atoms with Crippen molar-refractivity contribution in [1.82, 2.24) is 14.8 Å². The van der Waals surface area contributed by atoms with E-state index in [9.17, 15) is 4.79 Å². The number of hydrogen-bond donors (Lipinski definition) is 2. The molecular weight excluding hydrogens is 312 g/mol. The van der Waals surface area contributed by atoms with Crippen LogP contribution in [0.2, 0.25) is 0 Å². The highest BCUT2D eigenvalue weighted by molar-refractivity contribution is 5.94. The maximum Gasteiger partial charge on any atom is 0.268 e. The Labute approximate surface area is 148 Å². The van der Waals surface area contributed by atoms with Gasteiger partial charge in [-0.25, -0.2) is 0 Å². The van der Waals surface area contributed by atoms with Crippen LogP contribution in [0.3, 0.4) is 0 Å². The van der Waals surface area contributed by atoms with E-state index in [-0.39, 0.29) is 11.9 Å². The molecule has 5 nitrogen and oxygen atoms in total. The molecule has 2 atom stereocenters. The molecule has 2 aromatic rings. The van der Waals surface area contributed by atoms with Crippen molar-refractivity contribution in [3.8, 4) is 11.3 Å². The fourth-order valence-electron chi connectivity index (χ4n) is 4.50. The Morgan fingerprint density at radius 1 is 1.20 bits per heavy atom. The first-order chi connectivity index (χ1) is 12.0. The van der Waals surface area contributed by atoms with Crippen molar-refractivity contribution in [2.45, 2.75) is 31.8 Å². The largest absolute Gasteiger partial charge is 0.399 e. The quantitative estimate of drug-likeness (QED) is 0.845. The van der Waals surface area contributed by atoms with Crippen molar-refractivity contribution < 1.29 is 4.79 Å². The normalized spacial score (nSPS) is 28.1. The summed E-state index contributed by atoms with van der Waals surface area (Å²) in [6.07, 6.45) is 2.38. The van der Waals surface area contributed by atoms with E-state index in [2.05, 4.69) is 17.1 Å². The van der Waals surface area contributed by atoms with Gasteiger partial charge in [0.1, 0.15) is 5.69 Å². The summed E-state index contributed by atoms with van der Waals surface area (Å²) >= 11 is 0. The number of hydrogen-bond acceptors (Lipinski definition) is 3. The first-order valence-corrected chi connectivity index (χ1v) is 9.11. The zero-order valence-electron chi connectivity index (χ0n) is 14.9. The van der Waals surface area contributed by atoms with Gasteiger partial charge in [0.05, 0.1) is 0 Å². The van der Waals surface area contributed by atoms with Crippen molar-refractivity contribution in [3.63, 3.8) is 0 Å². The number of carbonyl (C=O) groups is 1. The molecule has 0 unspecified atom stereocenters. The number of fused-ring (bicyclic) bond motifs is 3. The van der Waals surface area contributed by atoms with Crippen LogP contribution in [-0.4, -0.2) is 40.5 Å². The fraction of sp³-hybridized carbons (Fsp3) is 0.450. The molecule has 4 heterocycles. The van der Waals surface area contributed by atoms with Crippen LogP contribution < -0.4 is 11.1 Å². The number of benzene rings is 1. The van der Waals surface area contributed by atoms with Gasteiger partial charge in [-0.1, -0.05) is 12.1 Å². The van der Waals surface area contributed by atoms with Crippen LogP contribution in [0.5, 0.6) is 0 Å². The van der Waals surface area contributed by atoms with Crippen LogP contribution in [0.15, 0.2) is 36.4 Å². The van der Waals surface area contributed by atoms with Crippen molar-refractivity contribution in [2.24, 2.45) is 13.0 Å². The van der Waals surface area contributed by atoms with Crippen LogP contribution >= 0.6 is 0 Å². The number of anilines is 1. The molecule has 3 aliphatic rings. The lowest BCUT2D eigenvalue weighted by molar-refractivity contribution is 0.0215. The van der Waals surface area contributed by atoms with Crippen molar-refractivity contribution in [2.75, 3.05) is 18.8 Å². The van der Waals surface area contributed by atoms with Gasteiger partial charge in [0.15, 0.2) is 0 Å². The monoisotopic (exact) mass is 338 g/mol. The standard InChI is InChI=1S/C20H26N4O/c1-13-19(14-8-10-24(13)11-9-14)22-20(25)18-7-6-17(23(18)2)15-4-3-5-16(21)12-15/h3-7,12-14,19H,8-11,21H2,1-2H3,(H,22,25)/t13-,19-/m0/s1. The minimum atomic E-state index is 0.0169. The summed E-state index contributed by atoms with van der Waals surface area (Å²) < 4.78 is 1.95. The Bertz CT molecular complexity index is 787. The minimum Gasteiger partial charge on any atom is -0.399 e. The predicted molar refractivity (Wildman–Crippen MR) is 100 cm³/mol. The molecule has 1 aromatic heterocycles. The fourth-order valence-corrected chi connectivity index (χ4v) is 4.50. The summed E-state index contributed by atoms with van der Waals surface area (Å²) in [6, 6.07) is 12.3. The number of nitrogens with zero attached hydrogens (tertiary/aromatic N) is 2. The number of nitrogen functional groups attached to an aromatic ring is 1. The first kappa shape index (κ1) is 16.2. The van der Waals surface area contributed by atoms with E-state index in [0.29, 0.717) is 17.7 Å². The second-order valence-corrected chi connectivity index (χ2v) is 7.40. The molecule has 0 radical (unpaired) electrons. The average molecular weight is 338 g/mol. The highest BCUT2D eigenvalue weighted by Gasteiger charge is 2.40. The SMILES string of the molecule is C[C@H]1[C@H](NC(=O)c2ccc(-c3cccc(N)c3)n2C)C2CCN1CC2. The Balaban J connectivity index is 1.55. The smallest absolute Gasteiger partial charge is 0.268 e. The molecule has 0 saturated carbocycles. The second-order valence-electron chi connectivity index (χ2n) is 7.40. The van der Waals surface area contributed by atoms with Gasteiger partial charge in [-0.2, -0.15) is 0 Å². The van der Waals surface area contributed by atoms with Crippen molar-refractivity contribution in [3.05, 3.63) is 42.1 Å². The summed E-state index contributed by atoms with van der Waals surface area (Å²) in [5.41, 5.74) is 9.34. The van der Waals surface area contributed by atoms with E-state index in [1.165, 1.54) is 25.9 Å². The lowest BCUT2D eigenvalue weighted by Crippen LogP contribution is -2.62. The lowest BCUT2D eigenvalue weighted by atomic mass is 9.79. The maximum atomic E-state index is 12.9. The van der Waals surface area contributed by atoms with Gasteiger partial charge in [0.2, 0.25) is 0 Å². The predicted octanol–water partition coefficient (Wildman–Crippen LogP) is 2.49. The van der Waals surface area contributed by atoms with Crippen LogP contribution in [0.25, 0.3) is 11.3 Å². The topological polar surface area (TPSA) is 63.3 Å². The van der Waals surface area contributed by atoms with Gasteiger partial charge in [-0.15, -0.1) is 0 Å². The van der Waals surface area contributed by atoms with E-state index in [0.717, 1.165) is 16.9 Å². The Morgan fingerprint density at radius 3 is 2.64 bits per heavy atom. The van der Waals surface area contributed by atoms with Crippen LogP contribution in [0.1, 0.15) is 30.3 Å². The third-order valence-corrected chi connectivity index (χ3v) is 6.01. The molecule has 5 heteroatoms. The molecule has 0 spiro atoms. The maximum absolute atomic E-state index is 12.9. The second kappa shape index (κ2) is 6.23. The molecule has 3 saturated heterocycles. The van der Waals surface area contributed by atoms with E-state index >= 15 is 0 Å². The van der Waals surface area contributed by atoms with E-state index in [1.54, 1.807) is 0 Å². The zero-order chi connectivity index (χ0) is 17.6. The van der Waals surface area contributed by atoms with Crippen molar-refractivity contribution in [1.29, 1.82) is 0 Å². The molecule has 5 rings (SSSR count). The number of aromatic nitrogens is 1. The summed E-state index contributed by atoms with van der Waals surface area (Å²) in [5, 5.41) is 3.31. The molecule has 1 amide bonds. The number of carbonyl (C=O) groups excluding carboxylic acids is 1. The van der Waals surface area contributed by atoms with E-state index in [4.69, 9.17) is 5.73 Å². The van der Waals surface area contributed by atoms with Gasteiger partial charge in [0, 0.05) is 36.1 Å². The highest BCUT2D eigenvalue weighted by atomic mass is 16.2. The van der Waals surface area contributed by atoms with E-state index in [1.807, 2.05) is 48.0 Å². The van der Waals surface area contributed by atoms with Crippen LogP contribution in [0, 0.1) is 5.92 Å². The number of nitrogens with one attached hydrogen (secondary N) is 1. The van der Waals surface area contributed by atoms with Gasteiger partial charge in [0.25, 0.3) is 5.91 Å². The summed E-state index contributed by atoms with van der Waals surface area (Å²) in [6.45, 7) is 4.57. The molecule has 0 aliphatic carbocycles.